The maximum absolute atomic E-state index is 12.9. The third-order valence-electron chi connectivity index (χ3n) is 5.41. The molecule has 4 rings (SSSR count). The highest BCUT2D eigenvalue weighted by Gasteiger charge is 2.19. The number of hydrogen-bond donors (Lipinski definition) is 2. The molecule has 2 aromatic heterocycles. The molecule has 0 spiro atoms. The first-order chi connectivity index (χ1) is 15.7. The Morgan fingerprint density at radius 3 is 2.55 bits per heavy atom. The molecule has 2 heterocycles. The van der Waals surface area contributed by atoms with Gasteiger partial charge in [0, 0.05) is 21.7 Å². The number of thioether (sulfide) groups is 1. The molecular formula is C25H24ClN3O2S2. The average Bonchev–Trinajstić information content (AvgIpc) is 3.21. The van der Waals surface area contributed by atoms with Crippen LogP contribution in [0.2, 0.25) is 5.02 Å². The summed E-state index contributed by atoms with van der Waals surface area (Å²) in [6.07, 6.45) is 0. The normalized spacial score (nSPS) is 12.3. The Hall–Kier alpha value is -2.61. The predicted octanol–water partition coefficient (Wildman–Crippen LogP) is 6.86. The lowest BCUT2D eigenvalue weighted by atomic mass is 9.99. The number of aromatic nitrogens is 2. The minimum absolute atomic E-state index is 0.195. The molecule has 0 bridgehead atoms. The summed E-state index contributed by atoms with van der Waals surface area (Å²) < 4.78 is 0. The summed E-state index contributed by atoms with van der Waals surface area (Å²) in [6, 6.07) is 13.7. The molecule has 0 radical (unpaired) electrons. The standard InChI is InChI=1S/C25H24ClN3O2S2/c1-13(2)16-6-8-17(9-7-16)19-12-32-24-21(19)23(31)28-25(29-24)33-15(4)22(30)27-18-10-5-14(3)20(26)11-18/h5-13,15H,1-4H3,(H,27,30)(H,28,29,31). The number of aryl methyl sites for hydroxylation is 1. The fraction of sp³-hybridized carbons (Fsp3) is 0.240. The van der Waals surface area contributed by atoms with Crippen molar-refractivity contribution in [1.29, 1.82) is 0 Å². The van der Waals surface area contributed by atoms with E-state index >= 15 is 0 Å². The second-order valence-corrected chi connectivity index (χ2v) is 10.8. The number of aromatic amines is 1. The summed E-state index contributed by atoms with van der Waals surface area (Å²) in [4.78, 5) is 33.7. The van der Waals surface area contributed by atoms with Gasteiger partial charge in [-0.15, -0.1) is 11.3 Å². The van der Waals surface area contributed by atoms with Crippen LogP contribution in [-0.4, -0.2) is 21.1 Å². The molecule has 0 aliphatic carbocycles. The number of halogens is 1. The number of nitrogens with one attached hydrogen (secondary N) is 2. The van der Waals surface area contributed by atoms with Crippen LogP contribution >= 0.6 is 34.7 Å². The number of nitrogens with zero attached hydrogens (tertiary/aromatic N) is 1. The first-order valence-corrected chi connectivity index (χ1v) is 12.7. The number of fused-ring (bicyclic) bond motifs is 1. The number of H-pyrrole nitrogens is 1. The van der Waals surface area contributed by atoms with E-state index in [0.29, 0.717) is 32.0 Å². The van der Waals surface area contributed by atoms with Gasteiger partial charge < -0.3 is 10.3 Å². The third-order valence-corrected chi connectivity index (χ3v) is 7.67. The number of benzene rings is 2. The van der Waals surface area contributed by atoms with Crippen molar-refractivity contribution >= 4 is 56.5 Å². The van der Waals surface area contributed by atoms with Crippen LogP contribution in [0.4, 0.5) is 5.69 Å². The quantitative estimate of drug-likeness (QED) is 0.225. The Morgan fingerprint density at radius 2 is 1.88 bits per heavy atom. The number of carbonyl (C=O) groups excluding carboxylic acids is 1. The topological polar surface area (TPSA) is 74.8 Å². The zero-order chi connectivity index (χ0) is 23.7. The smallest absolute Gasteiger partial charge is 0.260 e. The number of rotatable bonds is 6. The first-order valence-electron chi connectivity index (χ1n) is 10.6. The number of carbonyl (C=O) groups is 1. The maximum atomic E-state index is 12.9. The molecule has 0 saturated carbocycles. The third kappa shape index (κ3) is 5.16. The van der Waals surface area contributed by atoms with Crippen LogP contribution in [0.15, 0.2) is 57.8 Å². The average molecular weight is 498 g/mol. The Labute approximate surface area is 205 Å². The summed E-state index contributed by atoms with van der Waals surface area (Å²) in [5.41, 5.74) is 4.49. The lowest BCUT2D eigenvalue weighted by Crippen LogP contribution is -2.23. The minimum Gasteiger partial charge on any atom is -0.325 e. The molecule has 33 heavy (non-hydrogen) atoms. The van der Waals surface area contributed by atoms with Gasteiger partial charge in [0.15, 0.2) is 5.16 Å². The van der Waals surface area contributed by atoms with E-state index < -0.39 is 5.25 Å². The fourth-order valence-electron chi connectivity index (χ4n) is 3.38. The maximum Gasteiger partial charge on any atom is 0.260 e. The molecule has 0 aliphatic heterocycles. The first kappa shape index (κ1) is 23.5. The van der Waals surface area contributed by atoms with Gasteiger partial charge in [0.25, 0.3) is 5.56 Å². The summed E-state index contributed by atoms with van der Waals surface area (Å²) in [5.74, 6) is 0.255. The monoisotopic (exact) mass is 497 g/mol. The summed E-state index contributed by atoms with van der Waals surface area (Å²) in [6.45, 7) is 7.98. The van der Waals surface area contributed by atoms with Crippen LogP contribution in [0.1, 0.15) is 37.8 Å². The fourth-order valence-corrected chi connectivity index (χ4v) is 5.36. The molecule has 8 heteroatoms. The zero-order valence-electron chi connectivity index (χ0n) is 18.7. The number of hydrogen-bond acceptors (Lipinski definition) is 5. The lowest BCUT2D eigenvalue weighted by molar-refractivity contribution is -0.115. The van der Waals surface area contributed by atoms with Crippen molar-refractivity contribution < 1.29 is 4.79 Å². The highest BCUT2D eigenvalue weighted by molar-refractivity contribution is 8.00. The van der Waals surface area contributed by atoms with Gasteiger partial charge in [-0.1, -0.05) is 67.5 Å². The molecule has 1 amide bonds. The van der Waals surface area contributed by atoms with E-state index in [9.17, 15) is 9.59 Å². The van der Waals surface area contributed by atoms with Crippen molar-refractivity contribution in [1.82, 2.24) is 9.97 Å². The number of anilines is 1. The van der Waals surface area contributed by atoms with E-state index in [0.717, 1.165) is 16.7 Å². The van der Waals surface area contributed by atoms with Gasteiger partial charge in [0.1, 0.15) is 4.83 Å². The van der Waals surface area contributed by atoms with Crippen LogP contribution in [-0.2, 0) is 4.79 Å². The van der Waals surface area contributed by atoms with Crippen molar-refractivity contribution in [3.05, 3.63) is 74.3 Å². The van der Waals surface area contributed by atoms with Crippen LogP contribution in [0, 0.1) is 6.92 Å². The van der Waals surface area contributed by atoms with E-state index in [1.54, 1.807) is 13.0 Å². The molecule has 170 valence electrons. The molecule has 1 unspecified atom stereocenters. The van der Waals surface area contributed by atoms with Crippen molar-refractivity contribution in [3.8, 4) is 11.1 Å². The van der Waals surface area contributed by atoms with Crippen molar-refractivity contribution in [3.63, 3.8) is 0 Å². The summed E-state index contributed by atoms with van der Waals surface area (Å²) >= 11 is 8.78. The Balaban J connectivity index is 1.54. The zero-order valence-corrected chi connectivity index (χ0v) is 21.1. The van der Waals surface area contributed by atoms with Crippen LogP contribution in [0.3, 0.4) is 0 Å². The van der Waals surface area contributed by atoms with E-state index in [2.05, 4.69) is 41.3 Å². The van der Waals surface area contributed by atoms with Gasteiger partial charge in [-0.25, -0.2) is 4.98 Å². The molecule has 5 nitrogen and oxygen atoms in total. The molecule has 4 aromatic rings. The second kappa shape index (κ2) is 9.71. The van der Waals surface area contributed by atoms with Crippen molar-refractivity contribution in [2.45, 2.75) is 44.0 Å². The molecule has 0 aliphatic rings. The molecular weight excluding hydrogens is 474 g/mol. The predicted molar refractivity (Wildman–Crippen MR) is 140 cm³/mol. The highest BCUT2D eigenvalue weighted by atomic mass is 35.5. The van der Waals surface area contributed by atoms with Gasteiger partial charge in [-0.2, -0.15) is 0 Å². The Morgan fingerprint density at radius 1 is 1.15 bits per heavy atom. The highest BCUT2D eigenvalue weighted by Crippen LogP contribution is 2.33. The van der Waals surface area contributed by atoms with E-state index in [4.69, 9.17) is 11.6 Å². The lowest BCUT2D eigenvalue weighted by Gasteiger charge is -2.12. The minimum atomic E-state index is -0.464. The Bertz CT molecular complexity index is 1380. The SMILES string of the molecule is Cc1ccc(NC(=O)C(C)Sc2nc3scc(-c4ccc(C(C)C)cc4)c3c(=O)[nH]2)cc1Cl. The van der Waals surface area contributed by atoms with Gasteiger partial charge >= 0.3 is 0 Å². The van der Waals surface area contributed by atoms with Crippen LogP contribution in [0.25, 0.3) is 21.3 Å². The largest absolute Gasteiger partial charge is 0.325 e. The van der Waals surface area contributed by atoms with E-state index in [1.165, 1.54) is 28.7 Å². The van der Waals surface area contributed by atoms with Gasteiger partial charge in [0.2, 0.25) is 5.91 Å². The van der Waals surface area contributed by atoms with E-state index in [1.807, 2.05) is 36.6 Å². The van der Waals surface area contributed by atoms with Gasteiger partial charge in [-0.05, 0) is 48.6 Å². The summed E-state index contributed by atoms with van der Waals surface area (Å²) in [7, 11) is 0. The molecule has 0 saturated heterocycles. The summed E-state index contributed by atoms with van der Waals surface area (Å²) in [5, 5.41) is 5.94. The molecule has 0 fully saturated rings. The number of thiophene rings is 1. The van der Waals surface area contributed by atoms with Crippen molar-refractivity contribution in [2.24, 2.45) is 0 Å². The van der Waals surface area contributed by atoms with Crippen molar-refractivity contribution in [2.75, 3.05) is 5.32 Å². The number of amides is 1. The van der Waals surface area contributed by atoms with Gasteiger partial charge in [0.05, 0.1) is 10.6 Å². The molecule has 2 N–H and O–H groups in total. The second-order valence-electron chi connectivity index (χ2n) is 8.19. The van der Waals surface area contributed by atoms with Crippen LogP contribution in [0.5, 0.6) is 0 Å². The molecule has 2 aromatic carbocycles. The van der Waals surface area contributed by atoms with Gasteiger partial charge in [-0.3, -0.25) is 9.59 Å². The van der Waals surface area contributed by atoms with Crippen LogP contribution < -0.4 is 10.9 Å². The molecule has 1 atom stereocenters. The van der Waals surface area contributed by atoms with E-state index in [-0.39, 0.29) is 11.5 Å². The Kier molecular flexibility index (Phi) is 6.93.